The van der Waals surface area contributed by atoms with Crippen LogP contribution in [0.3, 0.4) is 0 Å². The number of benzene rings is 1. The van der Waals surface area contributed by atoms with E-state index in [4.69, 9.17) is 0 Å². The lowest BCUT2D eigenvalue weighted by molar-refractivity contribution is 0.174. The number of fused-ring (bicyclic) bond motifs is 1. The number of anilines is 1. The standard InChI is InChI=1S/C13H19NO3S/c1-14-7-5-10-9-11(3-4-12(10)14)13(15)6-8-18(2,16)17/h3-4,9,13,15H,5-8H2,1-2H3. The summed E-state index contributed by atoms with van der Waals surface area (Å²) in [6.07, 6.45) is 1.74. The molecule has 0 fully saturated rings. The molecule has 0 bridgehead atoms. The van der Waals surface area contributed by atoms with Gasteiger partial charge in [0, 0.05) is 25.5 Å². The van der Waals surface area contributed by atoms with E-state index in [1.54, 1.807) is 0 Å². The smallest absolute Gasteiger partial charge is 0.147 e. The van der Waals surface area contributed by atoms with Crippen molar-refractivity contribution in [1.29, 1.82) is 0 Å². The summed E-state index contributed by atoms with van der Waals surface area (Å²) in [4.78, 5) is 2.18. The van der Waals surface area contributed by atoms with Crippen LogP contribution in [-0.2, 0) is 16.3 Å². The predicted molar refractivity (Wildman–Crippen MR) is 72.7 cm³/mol. The molecule has 1 N–H and O–H groups in total. The summed E-state index contributed by atoms with van der Waals surface area (Å²) in [5, 5.41) is 10.0. The third kappa shape index (κ3) is 3.03. The molecule has 18 heavy (non-hydrogen) atoms. The number of nitrogens with zero attached hydrogens (tertiary/aromatic N) is 1. The fourth-order valence-corrected chi connectivity index (χ4v) is 2.94. The van der Waals surface area contributed by atoms with Crippen LogP contribution in [0.2, 0.25) is 0 Å². The first-order valence-corrected chi connectivity index (χ1v) is 8.12. The molecule has 0 aromatic heterocycles. The monoisotopic (exact) mass is 269 g/mol. The van der Waals surface area contributed by atoms with Crippen molar-refractivity contribution in [1.82, 2.24) is 0 Å². The molecule has 2 rings (SSSR count). The summed E-state index contributed by atoms with van der Waals surface area (Å²) >= 11 is 0. The van der Waals surface area contributed by atoms with Crippen molar-refractivity contribution in [2.75, 3.05) is 30.5 Å². The van der Waals surface area contributed by atoms with Crippen molar-refractivity contribution in [3.63, 3.8) is 0 Å². The highest BCUT2D eigenvalue weighted by Gasteiger charge is 2.18. The molecule has 5 heteroatoms. The Kier molecular flexibility index (Phi) is 3.64. The zero-order valence-corrected chi connectivity index (χ0v) is 11.6. The minimum atomic E-state index is -3.02. The van der Waals surface area contributed by atoms with Gasteiger partial charge < -0.3 is 10.0 Å². The molecule has 1 atom stereocenters. The largest absolute Gasteiger partial charge is 0.388 e. The Morgan fingerprint density at radius 2 is 2.17 bits per heavy atom. The average Bonchev–Trinajstić information content (AvgIpc) is 2.66. The molecular weight excluding hydrogens is 250 g/mol. The zero-order valence-electron chi connectivity index (χ0n) is 10.8. The van der Waals surface area contributed by atoms with Crippen LogP contribution in [0.15, 0.2) is 18.2 Å². The molecule has 4 nitrogen and oxygen atoms in total. The summed E-state index contributed by atoms with van der Waals surface area (Å²) in [6, 6.07) is 5.88. The number of rotatable bonds is 4. The molecule has 0 saturated carbocycles. The van der Waals surface area contributed by atoms with Crippen LogP contribution < -0.4 is 4.90 Å². The summed E-state index contributed by atoms with van der Waals surface area (Å²) < 4.78 is 22.2. The summed E-state index contributed by atoms with van der Waals surface area (Å²) in [6.45, 7) is 0.998. The highest BCUT2D eigenvalue weighted by molar-refractivity contribution is 7.90. The maximum absolute atomic E-state index is 11.1. The van der Waals surface area contributed by atoms with Gasteiger partial charge in [-0.2, -0.15) is 0 Å². The molecule has 1 aromatic carbocycles. The lowest BCUT2D eigenvalue weighted by Crippen LogP contribution is -2.12. The van der Waals surface area contributed by atoms with Crippen molar-refractivity contribution < 1.29 is 13.5 Å². The highest BCUT2D eigenvalue weighted by Crippen LogP contribution is 2.30. The van der Waals surface area contributed by atoms with Crippen LogP contribution in [0.25, 0.3) is 0 Å². The Balaban J connectivity index is 2.10. The third-order valence-electron chi connectivity index (χ3n) is 3.38. The van der Waals surface area contributed by atoms with Crippen molar-refractivity contribution in [2.45, 2.75) is 18.9 Å². The van der Waals surface area contributed by atoms with E-state index in [0.717, 1.165) is 18.5 Å². The van der Waals surface area contributed by atoms with Gasteiger partial charge in [-0.25, -0.2) is 8.42 Å². The molecule has 0 aliphatic carbocycles. The molecular formula is C13H19NO3S. The maximum Gasteiger partial charge on any atom is 0.147 e. The fourth-order valence-electron chi connectivity index (χ4n) is 2.29. The van der Waals surface area contributed by atoms with E-state index in [2.05, 4.69) is 4.90 Å². The number of aliphatic hydroxyl groups excluding tert-OH is 1. The highest BCUT2D eigenvalue weighted by atomic mass is 32.2. The summed E-state index contributed by atoms with van der Waals surface area (Å²) in [5.74, 6) is 0.0190. The molecule has 1 aliphatic rings. The van der Waals surface area contributed by atoms with E-state index in [1.807, 2.05) is 25.2 Å². The second-order valence-corrected chi connectivity index (χ2v) is 7.25. The second kappa shape index (κ2) is 4.90. The van der Waals surface area contributed by atoms with E-state index in [9.17, 15) is 13.5 Å². The first-order valence-electron chi connectivity index (χ1n) is 6.06. The summed E-state index contributed by atoms with van der Waals surface area (Å²) in [5.41, 5.74) is 3.25. The molecule has 0 spiro atoms. The van der Waals surface area contributed by atoms with Crippen molar-refractivity contribution in [2.24, 2.45) is 0 Å². The van der Waals surface area contributed by atoms with Gasteiger partial charge in [-0.3, -0.25) is 0 Å². The molecule has 0 radical (unpaired) electrons. The normalized spacial score (nSPS) is 16.7. The molecule has 1 aromatic rings. The minimum absolute atomic E-state index is 0.0190. The first-order chi connectivity index (χ1) is 8.37. The van der Waals surface area contributed by atoms with Crippen molar-refractivity contribution in [3.8, 4) is 0 Å². The van der Waals surface area contributed by atoms with Crippen LogP contribution in [-0.4, -0.2) is 39.1 Å². The van der Waals surface area contributed by atoms with Gasteiger partial charge in [0.25, 0.3) is 0 Å². The minimum Gasteiger partial charge on any atom is -0.388 e. The number of hydrogen-bond donors (Lipinski definition) is 1. The maximum atomic E-state index is 11.1. The number of aliphatic hydroxyl groups is 1. The Morgan fingerprint density at radius 1 is 1.44 bits per heavy atom. The lowest BCUT2D eigenvalue weighted by Gasteiger charge is -2.14. The van der Waals surface area contributed by atoms with Gasteiger partial charge in [-0.1, -0.05) is 12.1 Å². The predicted octanol–water partition coefficient (Wildman–Crippen LogP) is 1.15. The van der Waals surface area contributed by atoms with Gasteiger partial charge in [-0.05, 0) is 30.0 Å². The quantitative estimate of drug-likeness (QED) is 0.891. The van der Waals surface area contributed by atoms with Crippen LogP contribution in [0.5, 0.6) is 0 Å². The van der Waals surface area contributed by atoms with Crippen molar-refractivity contribution >= 4 is 15.5 Å². The molecule has 1 heterocycles. The average molecular weight is 269 g/mol. The van der Waals surface area contributed by atoms with Gasteiger partial charge in [0.1, 0.15) is 9.84 Å². The van der Waals surface area contributed by atoms with Gasteiger partial charge >= 0.3 is 0 Å². The van der Waals surface area contributed by atoms with Crippen LogP contribution in [0.4, 0.5) is 5.69 Å². The van der Waals surface area contributed by atoms with Gasteiger partial charge in [0.2, 0.25) is 0 Å². The van der Waals surface area contributed by atoms with Crippen LogP contribution >= 0.6 is 0 Å². The van der Waals surface area contributed by atoms with Gasteiger partial charge in [0.05, 0.1) is 11.9 Å². The van der Waals surface area contributed by atoms with Crippen molar-refractivity contribution in [3.05, 3.63) is 29.3 Å². The second-order valence-electron chi connectivity index (χ2n) is 4.99. The van der Waals surface area contributed by atoms with E-state index < -0.39 is 15.9 Å². The van der Waals surface area contributed by atoms with E-state index >= 15 is 0 Å². The molecule has 1 unspecified atom stereocenters. The Hall–Kier alpha value is -1.07. The Bertz CT molecular complexity index is 539. The third-order valence-corrected chi connectivity index (χ3v) is 4.36. The Labute approximate surface area is 108 Å². The molecule has 0 amide bonds. The van der Waals surface area contributed by atoms with E-state index in [0.29, 0.717) is 0 Å². The lowest BCUT2D eigenvalue weighted by atomic mass is 10.0. The van der Waals surface area contributed by atoms with E-state index in [-0.39, 0.29) is 12.2 Å². The Morgan fingerprint density at radius 3 is 2.83 bits per heavy atom. The fraction of sp³-hybridized carbons (Fsp3) is 0.538. The first kappa shape index (κ1) is 13.4. The molecule has 100 valence electrons. The van der Waals surface area contributed by atoms with Gasteiger partial charge in [-0.15, -0.1) is 0 Å². The molecule has 0 saturated heterocycles. The van der Waals surface area contributed by atoms with E-state index in [1.165, 1.54) is 17.5 Å². The van der Waals surface area contributed by atoms with Crippen LogP contribution in [0.1, 0.15) is 23.7 Å². The number of sulfone groups is 1. The topological polar surface area (TPSA) is 57.6 Å². The van der Waals surface area contributed by atoms with Crippen LogP contribution in [0, 0.1) is 0 Å². The zero-order chi connectivity index (χ0) is 13.3. The van der Waals surface area contributed by atoms with Gasteiger partial charge in [0.15, 0.2) is 0 Å². The summed E-state index contributed by atoms with van der Waals surface area (Å²) in [7, 11) is -0.968. The number of hydrogen-bond acceptors (Lipinski definition) is 4. The molecule has 1 aliphatic heterocycles. The SMILES string of the molecule is CN1CCc2cc(C(O)CCS(C)(=O)=O)ccc21. The number of likely N-dealkylation sites (N-methyl/N-ethyl adjacent to an activating group) is 1.